The molecule has 0 aromatic heterocycles. The number of carboxylic acids is 1. The van der Waals surface area contributed by atoms with Crippen LogP contribution in [0.5, 0.6) is 0 Å². The number of amides is 2. The highest BCUT2D eigenvalue weighted by molar-refractivity contribution is 5.75. The fourth-order valence-electron chi connectivity index (χ4n) is 2.48. The highest BCUT2D eigenvalue weighted by atomic mass is 16.4. The number of nitrogens with zero attached hydrogens (tertiary/aromatic N) is 1. The van der Waals surface area contributed by atoms with Crippen LogP contribution >= 0.6 is 0 Å². The maximum Gasteiger partial charge on any atom is 0.317 e. The number of rotatable bonds is 6. The van der Waals surface area contributed by atoms with E-state index in [2.05, 4.69) is 5.32 Å². The van der Waals surface area contributed by atoms with Crippen molar-refractivity contribution in [2.45, 2.75) is 46.5 Å². The predicted octanol–water partition coefficient (Wildman–Crippen LogP) is 2.56. The van der Waals surface area contributed by atoms with Gasteiger partial charge in [0.25, 0.3) is 0 Å². The van der Waals surface area contributed by atoms with Crippen LogP contribution in [0.3, 0.4) is 0 Å². The highest BCUT2D eigenvalue weighted by Gasteiger charge is 2.26. The van der Waals surface area contributed by atoms with Gasteiger partial charge in [-0.1, -0.05) is 27.2 Å². The summed E-state index contributed by atoms with van der Waals surface area (Å²) in [6, 6.07) is -0.169. The molecular weight excluding hydrogens is 256 g/mol. The van der Waals surface area contributed by atoms with E-state index in [1.807, 2.05) is 20.8 Å². The zero-order valence-electron chi connectivity index (χ0n) is 13.1. The van der Waals surface area contributed by atoms with Gasteiger partial charge in [-0.05, 0) is 30.6 Å². The van der Waals surface area contributed by atoms with E-state index in [-0.39, 0.29) is 18.0 Å². The van der Waals surface area contributed by atoms with E-state index in [4.69, 9.17) is 0 Å². The van der Waals surface area contributed by atoms with Crippen LogP contribution in [0.1, 0.15) is 46.5 Å². The number of aliphatic carboxylic acids is 1. The molecule has 1 rings (SSSR count). The molecule has 0 bridgehead atoms. The summed E-state index contributed by atoms with van der Waals surface area (Å²) >= 11 is 0. The van der Waals surface area contributed by atoms with Gasteiger partial charge in [-0.15, -0.1) is 0 Å². The van der Waals surface area contributed by atoms with Crippen LogP contribution in [-0.4, -0.2) is 42.1 Å². The van der Waals surface area contributed by atoms with E-state index in [9.17, 15) is 14.7 Å². The van der Waals surface area contributed by atoms with Crippen molar-refractivity contribution in [1.29, 1.82) is 0 Å². The minimum absolute atomic E-state index is 0.0639. The Kier molecular flexibility index (Phi) is 5.84. The molecule has 5 nitrogen and oxygen atoms in total. The Bertz CT molecular complexity index is 346. The molecule has 2 amide bonds. The summed E-state index contributed by atoms with van der Waals surface area (Å²) in [5, 5.41) is 12.0. The Labute approximate surface area is 121 Å². The average molecular weight is 284 g/mol. The molecule has 0 aliphatic heterocycles. The number of urea groups is 1. The Hall–Kier alpha value is -1.26. The first-order valence-electron chi connectivity index (χ1n) is 7.41. The second-order valence-corrected chi connectivity index (χ2v) is 7.16. The lowest BCUT2D eigenvalue weighted by Gasteiger charge is -2.30. The van der Waals surface area contributed by atoms with Crippen LogP contribution in [0.4, 0.5) is 4.79 Å². The highest BCUT2D eigenvalue weighted by Crippen LogP contribution is 2.27. The molecule has 1 unspecified atom stereocenters. The third-order valence-electron chi connectivity index (χ3n) is 3.81. The van der Waals surface area contributed by atoms with Crippen molar-refractivity contribution in [2.75, 3.05) is 20.1 Å². The normalized spacial score (nSPS) is 17.2. The Morgan fingerprint density at radius 1 is 1.35 bits per heavy atom. The summed E-state index contributed by atoms with van der Waals surface area (Å²) in [4.78, 5) is 24.8. The van der Waals surface area contributed by atoms with Gasteiger partial charge < -0.3 is 15.3 Å². The second kappa shape index (κ2) is 6.95. The van der Waals surface area contributed by atoms with Gasteiger partial charge in [-0.3, -0.25) is 4.79 Å². The maximum absolute atomic E-state index is 11.9. The van der Waals surface area contributed by atoms with Gasteiger partial charge in [0.1, 0.15) is 0 Å². The number of carbonyl (C=O) groups excluding carboxylic acids is 1. The molecule has 116 valence electrons. The number of carboxylic acid groups (broad SMARTS) is 1. The first-order valence-corrected chi connectivity index (χ1v) is 7.41. The molecule has 1 atom stereocenters. The lowest BCUT2D eigenvalue weighted by atomic mass is 9.84. The Morgan fingerprint density at radius 3 is 2.35 bits per heavy atom. The summed E-state index contributed by atoms with van der Waals surface area (Å²) in [5.74, 6) is -0.756. The van der Waals surface area contributed by atoms with Crippen molar-refractivity contribution in [1.82, 2.24) is 10.2 Å². The smallest absolute Gasteiger partial charge is 0.317 e. The van der Waals surface area contributed by atoms with Crippen molar-refractivity contribution < 1.29 is 14.7 Å². The monoisotopic (exact) mass is 284 g/mol. The molecule has 0 aromatic rings. The van der Waals surface area contributed by atoms with E-state index in [0.29, 0.717) is 12.3 Å². The molecule has 1 saturated carbocycles. The lowest BCUT2D eigenvalue weighted by molar-refractivity contribution is -0.142. The van der Waals surface area contributed by atoms with Gasteiger partial charge >= 0.3 is 12.0 Å². The molecule has 0 spiro atoms. The standard InChI is InChI=1S/C15H28N2O3/c1-15(2,3)8-12(13(18)19)9-16-14(20)17(4)10-11-6-5-7-11/h11-12H,5-10H2,1-4H3,(H,16,20)(H,18,19). The van der Waals surface area contributed by atoms with E-state index in [1.54, 1.807) is 11.9 Å². The van der Waals surface area contributed by atoms with Crippen LogP contribution in [0.25, 0.3) is 0 Å². The second-order valence-electron chi connectivity index (χ2n) is 7.16. The molecule has 1 aliphatic rings. The molecule has 1 fully saturated rings. The average Bonchev–Trinajstić information content (AvgIpc) is 2.26. The number of nitrogens with one attached hydrogen (secondary N) is 1. The number of hydrogen-bond donors (Lipinski definition) is 2. The number of hydrogen-bond acceptors (Lipinski definition) is 2. The van der Waals surface area contributed by atoms with Crippen LogP contribution in [0.15, 0.2) is 0 Å². The third kappa shape index (κ3) is 5.80. The van der Waals surface area contributed by atoms with Crippen LogP contribution in [0, 0.1) is 17.3 Å². The Balaban J connectivity index is 2.37. The maximum atomic E-state index is 11.9. The van der Waals surface area contributed by atoms with Gasteiger partial charge in [0.15, 0.2) is 0 Å². The fourth-order valence-corrected chi connectivity index (χ4v) is 2.48. The third-order valence-corrected chi connectivity index (χ3v) is 3.81. The fraction of sp³-hybridized carbons (Fsp3) is 0.867. The predicted molar refractivity (Wildman–Crippen MR) is 78.6 cm³/mol. The molecule has 0 saturated heterocycles. The molecular formula is C15H28N2O3. The van der Waals surface area contributed by atoms with Crippen molar-refractivity contribution in [2.24, 2.45) is 17.3 Å². The van der Waals surface area contributed by atoms with Gasteiger partial charge in [0.2, 0.25) is 0 Å². The largest absolute Gasteiger partial charge is 0.481 e. The van der Waals surface area contributed by atoms with Gasteiger partial charge in [0.05, 0.1) is 5.92 Å². The lowest BCUT2D eigenvalue weighted by Crippen LogP contribution is -2.44. The Morgan fingerprint density at radius 2 is 1.95 bits per heavy atom. The minimum Gasteiger partial charge on any atom is -0.481 e. The summed E-state index contributed by atoms with van der Waals surface area (Å²) in [7, 11) is 1.77. The van der Waals surface area contributed by atoms with E-state index in [0.717, 1.165) is 6.54 Å². The molecule has 1 aliphatic carbocycles. The molecule has 20 heavy (non-hydrogen) atoms. The van der Waals surface area contributed by atoms with E-state index in [1.165, 1.54) is 19.3 Å². The first-order chi connectivity index (χ1) is 9.19. The summed E-state index contributed by atoms with van der Waals surface area (Å²) in [6.07, 6.45) is 4.19. The molecule has 0 heterocycles. The molecule has 0 radical (unpaired) electrons. The summed E-state index contributed by atoms with van der Waals surface area (Å²) in [6.45, 7) is 6.98. The molecule has 2 N–H and O–H groups in total. The van der Waals surface area contributed by atoms with E-state index >= 15 is 0 Å². The topological polar surface area (TPSA) is 69.6 Å². The van der Waals surface area contributed by atoms with Gasteiger partial charge in [-0.25, -0.2) is 4.79 Å². The van der Waals surface area contributed by atoms with Crippen molar-refractivity contribution in [3.05, 3.63) is 0 Å². The van der Waals surface area contributed by atoms with Crippen molar-refractivity contribution >= 4 is 12.0 Å². The zero-order chi connectivity index (χ0) is 15.3. The summed E-state index contributed by atoms with van der Waals surface area (Å²) < 4.78 is 0. The van der Waals surface area contributed by atoms with Crippen LogP contribution in [0.2, 0.25) is 0 Å². The first kappa shape index (κ1) is 16.8. The quantitative estimate of drug-likeness (QED) is 0.787. The van der Waals surface area contributed by atoms with Gasteiger partial charge in [0, 0.05) is 20.1 Å². The summed E-state index contributed by atoms with van der Waals surface area (Å²) in [5.41, 5.74) is -0.0639. The molecule has 5 heteroatoms. The van der Waals surface area contributed by atoms with Crippen LogP contribution < -0.4 is 5.32 Å². The molecule has 0 aromatic carbocycles. The zero-order valence-corrected chi connectivity index (χ0v) is 13.1. The van der Waals surface area contributed by atoms with Crippen molar-refractivity contribution in [3.8, 4) is 0 Å². The van der Waals surface area contributed by atoms with E-state index < -0.39 is 11.9 Å². The number of carbonyl (C=O) groups is 2. The van der Waals surface area contributed by atoms with Crippen molar-refractivity contribution in [3.63, 3.8) is 0 Å². The van der Waals surface area contributed by atoms with Crippen LogP contribution in [-0.2, 0) is 4.79 Å². The minimum atomic E-state index is -0.845. The van der Waals surface area contributed by atoms with Gasteiger partial charge in [-0.2, -0.15) is 0 Å². The SMILES string of the molecule is CN(CC1CCC1)C(=O)NCC(CC(C)(C)C)C(=O)O.